The lowest BCUT2D eigenvalue weighted by Crippen LogP contribution is -2.22. The molecule has 0 aliphatic rings. The van der Waals surface area contributed by atoms with E-state index in [-0.39, 0.29) is 16.6 Å². The number of carbonyl (C=O) groups excluding carboxylic acids is 1. The Morgan fingerprint density at radius 1 is 1.10 bits per heavy atom. The van der Waals surface area contributed by atoms with Crippen LogP contribution >= 0.6 is 23.4 Å². The summed E-state index contributed by atoms with van der Waals surface area (Å²) in [6.07, 6.45) is 0. The lowest BCUT2D eigenvalue weighted by atomic mass is 10.1. The van der Waals surface area contributed by atoms with Gasteiger partial charge in [-0.15, -0.1) is 0 Å². The van der Waals surface area contributed by atoms with Gasteiger partial charge >= 0.3 is 0 Å². The summed E-state index contributed by atoms with van der Waals surface area (Å²) >= 11 is 7.27. The van der Waals surface area contributed by atoms with Crippen molar-refractivity contribution in [2.24, 2.45) is 0 Å². The van der Waals surface area contributed by atoms with Crippen LogP contribution in [0.1, 0.15) is 11.1 Å². The summed E-state index contributed by atoms with van der Waals surface area (Å²) in [7, 11) is -0.512. The van der Waals surface area contributed by atoms with E-state index in [1.165, 1.54) is 30.2 Å². The molecule has 158 valence electrons. The molecule has 0 aliphatic heterocycles. The number of rotatable bonds is 6. The highest BCUT2D eigenvalue weighted by atomic mass is 35.5. The van der Waals surface area contributed by atoms with Gasteiger partial charge in [-0.25, -0.2) is 17.7 Å². The molecule has 2 aromatic carbocycles. The molecule has 0 aliphatic carbocycles. The van der Waals surface area contributed by atoms with Crippen molar-refractivity contribution in [1.29, 1.82) is 0 Å². The Morgan fingerprint density at radius 2 is 1.83 bits per heavy atom. The highest BCUT2D eigenvalue weighted by Gasteiger charge is 2.18. The van der Waals surface area contributed by atoms with Crippen molar-refractivity contribution in [3.05, 3.63) is 58.6 Å². The monoisotopic (exact) mass is 463 g/mol. The Bertz CT molecular complexity index is 1230. The summed E-state index contributed by atoms with van der Waals surface area (Å²) in [5.74, 6) is 0.0602. The van der Waals surface area contributed by atoms with Gasteiger partial charge in [0, 0.05) is 30.2 Å². The van der Waals surface area contributed by atoms with Crippen molar-refractivity contribution < 1.29 is 13.2 Å². The Hall–Kier alpha value is -2.13. The van der Waals surface area contributed by atoms with Gasteiger partial charge in [0.2, 0.25) is 15.9 Å². The molecule has 0 fully saturated rings. The Kier molecular flexibility index (Phi) is 6.71. The Morgan fingerprint density at radius 3 is 2.50 bits per heavy atom. The first-order valence-corrected chi connectivity index (χ1v) is 11.9. The Balaban J connectivity index is 1.76. The van der Waals surface area contributed by atoms with Crippen LogP contribution in [0.5, 0.6) is 0 Å². The van der Waals surface area contributed by atoms with Gasteiger partial charge in [-0.2, -0.15) is 0 Å². The molecule has 0 atom stereocenters. The molecule has 0 saturated carbocycles. The fourth-order valence-corrected chi connectivity index (χ4v) is 4.81. The summed E-state index contributed by atoms with van der Waals surface area (Å²) in [6.45, 7) is 3.78. The predicted octanol–water partition coefficient (Wildman–Crippen LogP) is 4.49. The summed E-state index contributed by atoms with van der Waals surface area (Å²) in [4.78, 5) is 17.1. The molecule has 0 bridgehead atoms. The van der Waals surface area contributed by atoms with Gasteiger partial charge in [0.25, 0.3) is 0 Å². The average molecular weight is 464 g/mol. The second-order valence-electron chi connectivity index (χ2n) is 7.04. The number of hydrogen-bond donors (Lipinski definition) is 1. The first-order chi connectivity index (χ1) is 14.1. The number of aromatic nitrogens is 1. The van der Waals surface area contributed by atoms with Crippen molar-refractivity contribution in [3.63, 3.8) is 0 Å². The van der Waals surface area contributed by atoms with Gasteiger partial charge < -0.3 is 5.32 Å². The molecule has 1 amide bonds. The molecule has 6 nitrogen and oxygen atoms in total. The van der Waals surface area contributed by atoms with Crippen molar-refractivity contribution in [2.45, 2.75) is 23.8 Å². The van der Waals surface area contributed by atoms with E-state index in [1.807, 2.05) is 19.9 Å². The molecule has 30 heavy (non-hydrogen) atoms. The number of carbonyl (C=O) groups is 1. The maximum Gasteiger partial charge on any atom is 0.242 e. The molecular weight excluding hydrogens is 442 g/mol. The van der Waals surface area contributed by atoms with Gasteiger partial charge in [0.1, 0.15) is 0 Å². The van der Waals surface area contributed by atoms with Gasteiger partial charge in [-0.05, 0) is 67.4 Å². The maximum atomic E-state index is 12.4. The number of fused-ring (bicyclic) bond motifs is 1. The predicted molar refractivity (Wildman–Crippen MR) is 123 cm³/mol. The number of pyridine rings is 1. The average Bonchev–Trinajstić information content (AvgIpc) is 2.68. The van der Waals surface area contributed by atoms with E-state index in [1.54, 1.807) is 36.4 Å². The van der Waals surface area contributed by atoms with Crippen LogP contribution < -0.4 is 5.32 Å². The number of aryl methyl sites for hydroxylation is 2. The van der Waals surface area contributed by atoms with Crippen LogP contribution in [0.15, 0.2) is 52.4 Å². The number of nitrogens with one attached hydrogen (secondary N) is 1. The zero-order chi connectivity index (χ0) is 22.1. The number of halogens is 1. The van der Waals surface area contributed by atoms with E-state index >= 15 is 0 Å². The Labute approximate surface area is 185 Å². The topological polar surface area (TPSA) is 79.4 Å². The van der Waals surface area contributed by atoms with Crippen molar-refractivity contribution in [3.8, 4) is 0 Å². The molecular formula is C21H22ClN3O3S2. The smallest absolute Gasteiger partial charge is 0.242 e. The van der Waals surface area contributed by atoms with E-state index in [0.717, 1.165) is 22.2 Å². The number of sulfonamides is 1. The van der Waals surface area contributed by atoms with Gasteiger partial charge in [0.15, 0.2) is 0 Å². The minimum absolute atomic E-state index is 0.141. The molecule has 1 heterocycles. The van der Waals surface area contributed by atoms with Crippen molar-refractivity contribution >= 4 is 55.9 Å². The zero-order valence-electron chi connectivity index (χ0n) is 17.1. The molecule has 0 radical (unpaired) electrons. The molecule has 1 N–H and O–H groups in total. The van der Waals surface area contributed by atoms with Crippen molar-refractivity contribution in [1.82, 2.24) is 9.29 Å². The van der Waals surface area contributed by atoms with Gasteiger partial charge in [0.05, 0.1) is 21.2 Å². The van der Waals surface area contributed by atoms with E-state index in [4.69, 9.17) is 11.6 Å². The first-order valence-electron chi connectivity index (χ1n) is 9.10. The van der Waals surface area contributed by atoms with Crippen LogP contribution in [-0.4, -0.2) is 43.5 Å². The van der Waals surface area contributed by atoms with Crippen LogP contribution in [0.4, 0.5) is 5.69 Å². The van der Waals surface area contributed by atoms with Crippen LogP contribution in [0, 0.1) is 13.8 Å². The van der Waals surface area contributed by atoms with Crippen LogP contribution in [-0.2, 0) is 14.8 Å². The number of benzene rings is 2. The molecule has 1 aromatic heterocycles. The number of hydrogen-bond acceptors (Lipinski definition) is 5. The van der Waals surface area contributed by atoms with Crippen LogP contribution in [0.3, 0.4) is 0 Å². The third kappa shape index (κ3) is 4.95. The first kappa shape index (κ1) is 22.6. The van der Waals surface area contributed by atoms with Gasteiger partial charge in [-0.3, -0.25) is 4.79 Å². The quantitative estimate of drug-likeness (QED) is 0.545. The fraction of sp³-hybridized carbons (Fsp3) is 0.238. The molecule has 0 saturated heterocycles. The fourth-order valence-electron chi connectivity index (χ4n) is 2.88. The highest BCUT2D eigenvalue weighted by molar-refractivity contribution is 7.99. The van der Waals surface area contributed by atoms with E-state index in [2.05, 4.69) is 10.3 Å². The number of amides is 1. The molecule has 0 spiro atoms. The summed E-state index contributed by atoms with van der Waals surface area (Å²) < 4.78 is 25.9. The maximum absolute atomic E-state index is 12.4. The summed E-state index contributed by atoms with van der Waals surface area (Å²) in [5, 5.41) is 4.97. The lowest BCUT2D eigenvalue weighted by molar-refractivity contribution is -0.113. The zero-order valence-corrected chi connectivity index (χ0v) is 19.5. The van der Waals surface area contributed by atoms with Gasteiger partial charge in [-0.1, -0.05) is 23.4 Å². The van der Waals surface area contributed by atoms with Crippen molar-refractivity contribution in [2.75, 3.05) is 25.2 Å². The third-order valence-electron chi connectivity index (χ3n) is 4.56. The highest BCUT2D eigenvalue weighted by Crippen LogP contribution is 2.27. The number of thioether (sulfide) groups is 1. The molecule has 3 rings (SSSR count). The standard InChI is InChI=1S/C21H22ClN3O3S2/c1-13-10-21(29-12-20(26)23-18-7-5-15(22)9-14(18)2)24-19-8-6-16(11-17(13)19)30(27,28)25(3)4/h5-11H,12H2,1-4H3,(H,23,26). The molecule has 3 aromatic rings. The SMILES string of the molecule is Cc1cc(Cl)ccc1NC(=O)CSc1cc(C)c2cc(S(=O)(=O)N(C)C)ccc2n1. The van der Waals surface area contributed by atoms with E-state index in [9.17, 15) is 13.2 Å². The van der Waals surface area contributed by atoms with E-state index in [0.29, 0.717) is 15.6 Å². The van der Waals surface area contributed by atoms with E-state index < -0.39 is 10.0 Å². The number of nitrogens with zero attached hydrogens (tertiary/aromatic N) is 2. The lowest BCUT2D eigenvalue weighted by Gasteiger charge is -2.13. The normalized spacial score (nSPS) is 11.8. The summed E-state index contributed by atoms with van der Waals surface area (Å²) in [5.41, 5.74) is 3.20. The second-order valence-corrected chi connectivity index (χ2v) is 10.6. The minimum atomic E-state index is -3.51. The van der Waals surface area contributed by atoms with Crippen LogP contribution in [0.25, 0.3) is 10.9 Å². The third-order valence-corrected chi connectivity index (χ3v) is 7.51. The minimum Gasteiger partial charge on any atom is -0.325 e. The largest absolute Gasteiger partial charge is 0.325 e. The van der Waals surface area contributed by atoms with Crippen LogP contribution in [0.2, 0.25) is 5.02 Å². The molecule has 0 unspecified atom stereocenters. The second kappa shape index (κ2) is 8.93. The summed E-state index contributed by atoms with van der Waals surface area (Å²) in [6, 6.07) is 12.0. The molecule has 9 heteroatoms. The number of anilines is 1.